The van der Waals surface area contributed by atoms with Gasteiger partial charge < -0.3 is 15.4 Å². The number of carbonyl (C=O) groups is 2. The number of morpholine rings is 1. The topological polar surface area (TPSA) is 70.7 Å². The summed E-state index contributed by atoms with van der Waals surface area (Å²) in [6.45, 7) is 11.6. The normalized spacial score (nSPS) is 20.6. The van der Waals surface area contributed by atoms with Crippen molar-refractivity contribution in [2.75, 3.05) is 32.7 Å². The zero-order valence-corrected chi connectivity index (χ0v) is 16.3. The van der Waals surface area contributed by atoms with Gasteiger partial charge in [0.05, 0.1) is 18.8 Å². The quantitative estimate of drug-likeness (QED) is 0.725. The fourth-order valence-electron chi connectivity index (χ4n) is 3.21. The third-order valence-corrected chi connectivity index (χ3v) is 4.65. The van der Waals surface area contributed by atoms with Crippen LogP contribution in [0, 0.1) is 13.8 Å². The van der Waals surface area contributed by atoms with Crippen LogP contribution in [-0.2, 0) is 9.53 Å². The molecule has 0 saturated carbocycles. The van der Waals surface area contributed by atoms with E-state index in [0.29, 0.717) is 12.1 Å². The number of aryl methyl sites for hydroxylation is 2. The van der Waals surface area contributed by atoms with Gasteiger partial charge in [0, 0.05) is 31.7 Å². The van der Waals surface area contributed by atoms with Crippen LogP contribution in [0.4, 0.5) is 0 Å². The highest BCUT2D eigenvalue weighted by atomic mass is 16.5. The number of nitrogens with zero attached hydrogens (tertiary/aromatic N) is 1. The van der Waals surface area contributed by atoms with Crippen LogP contribution in [0.15, 0.2) is 18.2 Å². The van der Waals surface area contributed by atoms with E-state index in [2.05, 4.69) is 29.4 Å². The molecule has 0 bridgehead atoms. The fraction of sp³-hybridized carbons (Fsp3) is 0.600. The molecule has 0 aliphatic carbocycles. The molecule has 1 aliphatic rings. The van der Waals surface area contributed by atoms with E-state index in [4.69, 9.17) is 4.74 Å². The molecule has 2 rings (SSSR count). The highest BCUT2D eigenvalue weighted by Crippen LogP contribution is 2.11. The average molecular weight is 361 g/mol. The van der Waals surface area contributed by atoms with Crippen LogP contribution in [0.1, 0.15) is 41.8 Å². The first-order chi connectivity index (χ1) is 12.3. The number of carbonyl (C=O) groups excluding carboxylic acids is 2. The number of nitrogens with one attached hydrogen (secondary N) is 2. The average Bonchev–Trinajstić information content (AvgIpc) is 2.58. The Balaban J connectivity index is 1.63. The molecule has 1 fully saturated rings. The molecule has 1 saturated heterocycles. The summed E-state index contributed by atoms with van der Waals surface area (Å²) < 4.78 is 5.71. The van der Waals surface area contributed by atoms with Crippen LogP contribution in [0.5, 0.6) is 0 Å². The predicted octanol–water partition coefficient (Wildman–Crippen LogP) is 1.65. The summed E-state index contributed by atoms with van der Waals surface area (Å²) in [7, 11) is 0. The van der Waals surface area contributed by atoms with Gasteiger partial charge >= 0.3 is 0 Å². The van der Waals surface area contributed by atoms with Crippen LogP contribution < -0.4 is 10.6 Å². The molecule has 2 unspecified atom stereocenters. The molecule has 0 aromatic heterocycles. The van der Waals surface area contributed by atoms with Crippen molar-refractivity contribution < 1.29 is 14.3 Å². The van der Waals surface area contributed by atoms with E-state index in [9.17, 15) is 9.59 Å². The van der Waals surface area contributed by atoms with Crippen LogP contribution >= 0.6 is 0 Å². The molecule has 144 valence electrons. The summed E-state index contributed by atoms with van der Waals surface area (Å²) in [5.41, 5.74) is 2.79. The molecule has 0 spiro atoms. The second-order valence-corrected chi connectivity index (χ2v) is 7.20. The van der Waals surface area contributed by atoms with Gasteiger partial charge in [0.2, 0.25) is 5.91 Å². The Kier molecular flexibility index (Phi) is 7.60. The van der Waals surface area contributed by atoms with E-state index in [0.717, 1.165) is 37.2 Å². The molecule has 1 aromatic carbocycles. The van der Waals surface area contributed by atoms with E-state index in [1.165, 1.54) is 0 Å². The Morgan fingerprint density at radius 2 is 1.81 bits per heavy atom. The zero-order chi connectivity index (χ0) is 19.1. The van der Waals surface area contributed by atoms with Gasteiger partial charge in [-0.05, 0) is 57.4 Å². The number of hydrogen-bond acceptors (Lipinski definition) is 4. The van der Waals surface area contributed by atoms with E-state index in [1.807, 2.05) is 26.0 Å². The molecule has 2 atom stereocenters. The lowest BCUT2D eigenvalue weighted by Crippen LogP contribution is -2.46. The highest BCUT2D eigenvalue weighted by molar-refractivity contribution is 5.96. The molecule has 1 aliphatic heterocycles. The fourth-order valence-corrected chi connectivity index (χ4v) is 3.21. The minimum absolute atomic E-state index is 0.00260. The van der Waals surface area contributed by atoms with Gasteiger partial charge in [-0.3, -0.25) is 14.5 Å². The Morgan fingerprint density at radius 1 is 1.12 bits per heavy atom. The second-order valence-electron chi connectivity index (χ2n) is 7.20. The largest absolute Gasteiger partial charge is 0.373 e. The number of rotatable bonds is 7. The van der Waals surface area contributed by atoms with Gasteiger partial charge in [0.15, 0.2) is 0 Å². The van der Waals surface area contributed by atoms with Gasteiger partial charge in [-0.2, -0.15) is 0 Å². The van der Waals surface area contributed by atoms with Crippen LogP contribution in [0.2, 0.25) is 0 Å². The van der Waals surface area contributed by atoms with Gasteiger partial charge in [0.25, 0.3) is 5.91 Å². The van der Waals surface area contributed by atoms with E-state index < -0.39 is 0 Å². The maximum atomic E-state index is 12.1. The van der Waals surface area contributed by atoms with Gasteiger partial charge in [-0.1, -0.05) is 6.07 Å². The Bertz CT molecular complexity index is 623. The molecule has 6 nitrogen and oxygen atoms in total. The summed E-state index contributed by atoms with van der Waals surface area (Å²) in [5.74, 6) is -0.384. The van der Waals surface area contributed by atoms with Crippen molar-refractivity contribution in [2.45, 2.75) is 46.3 Å². The smallest absolute Gasteiger partial charge is 0.251 e. The third kappa shape index (κ3) is 6.42. The second kappa shape index (κ2) is 9.69. The third-order valence-electron chi connectivity index (χ3n) is 4.65. The zero-order valence-electron chi connectivity index (χ0n) is 16.3. The summed E-state index contributed by atoms with van der Waals surface area (Å²) in [5, 5.41) is 5.53. The van der Waals surface area contributed by atoms with Crippen molar-refractivity contribution in [3.05, 3.63) is 34.9 Å². The molecule has 2 N–H and O–H groups in total. The van der Waals surface area contributed by atoms with Crippen molar-refractivity contribution >= 4 is 11.8 Å². The first kappa shape index (κ1) is 20.4. The molecule has 6 heteroatoms. The Hall–Kier alpha value is -1.92. The Morgan fingerprint density at radius 3 is 2.46 bits per heavy atom. The molecule has 2 amide bonds. The maximum Gasteiger partial charge on any atom is 0.251 e. The molecular formula is C20H31N3O3. The minimum atomic E-state index is -0.223. The van der Waals surface area contributed by atoms with Crippen LogP contribution in [0.25, 0.3) is 0 Å². The van der Waals surface area contributed by atoms with Gasteiger partial charge in [-0.25, -0.2) is 0 Å². The standard InChI is InChI=1S/C20H31N3O3/c1-14-6-7-18(10-15(14)2)20(25)22-11-19(24)21-8-5-9-23-12-16(3)26-17(4)13-23/h6-7,10,16-17H,5,8-9,11-13H2,1-4H3,(H,21,24)(H,22,25). The SMILES string of the molecule is Cc1ccc(C(=O)NCC(=O)NCCCN2CC(C)OC(C)C2)cc1C. The van der Waals surface area contributed by atoms with Crippen molar-refractivity contribution in [1.29, 1.82) is 0 Å². The first-order valence-electron chi connectivity index (χ1n) is 9.35. The summed E-state index contributed by atoms with van der Waals surface area (Å²) >= 11 is 0. The molecule has 1 aromatic rings. The van der Waals surface area contributed by atoms with E-state index in [1.54, 1.807) is 6.07 Å². The lowest BCUT2D eigenvalue weighted by molar-refractivity contribution is -0.120. The molecule has 0 radical (unpaired) electrons. The lowest BCUT2D eigenvalue weighted by atomic mass is 10.1. The van der Waals surface area contributed by atoms with Crippen molar-refractivity contribution in [1.82, 2.24) is 15.5 Å². The van der Waals surface area contributed by atoms with Crippen LogP contribution in [-0.4, -0.2) is 61.6 Å². The van der Waals surface area contributed by atoms with Crippen molar-refractivity contribution in [3.8, 4) is 0 Å². The van der Waals surface area contributed by atoms with Gasteiger partial charge in [-0.15, -0.1) is 0 Å². The maximum absolute atomic E-state index is 12.1. The number of benzene rings is 1. The summed E-state index contributed by atoms with van der Waals surface area (Å²) in [4.78, 5) is 26.4. The lowest BCUT2D eigenvalue weighted by Gasteiger charge is -2.35. The monoisotopic (exact) mass is 361 g/mol. The minimum Gasteiger partial charge on any atom is -0.373 e. The number of amides is 2. The summed E-state index contributed by atoms with van der Waals surface area (Å²) in [6.07, 6.45) is 1.40. The first-order valence-corrected chi connectivity index (χ1v) is 9.35. The Labute approximate surface area is 156 Å². The van der Waals surface area contributed by atoms with E-state index >= 15 is 0 Å². The molecule has 1 heterocycles. The number of ether oxygens (including phenoxy) is 1. The van der Waals surface area contributed by atoms with Gasteiger partial charge in [0.1, 0.15) is 0 Å². The van der Waals surface area contributed by atoms with Crippen molar-refractivity contribution in [2.24, 2.45) is 0 Å². The highest BCUT2D eigenvalue weighted by Gasteiger charge is 2.21. The predicted molar refractivity (Wildman–Crippen MR) is 102 cm³/mol. The van der Waals surface area contributed by atoms with Crippen molar-refractivity contribution in [3.63, 3.8) is 0 Å². The molecular weight excluding hydrogens is 330 g/mol. The van der Waals surface area contributed by atoms with E-state index in [-0.39, 0.29) is 30.6 Å². The number of hydrogen-bond donors (Lipinski definition) is 2. The summed E-state index contributed by atoms with van der Waals surface area (Å²) in [6, 6.07) is 5.53. The molecule has 26 heavy (non-hydrogen) atoms. The van der Waals surface area contributed by atoms with Crippen LogP contribution in [0.3, 0.4) is 0 Å².